The summed E-state index contributed by atoms with van der Waals surface area (Å²) < 4.78 is 2.02. The van der Waals surface area contributed by atoms with E-state index in [2.05, 4.69) is 41.6 Å². The van der Waals surface area contributed by atoms with E-state index in [1.165, 1.54) is 11.1 Å². The lowest BCUT2D eigenvalue weighted by molar-refractivity contribution is 0.164. The van der Waals surface area contributed by atoms with Crippen molar-refractivity contribution in [2.45, 2.75) is 50.6 Å². The third-order valence-corrected chi connectivity index (χ3v) is 5.74. The summed E-state index contributed by atoms with van der Waals surface area (Å²) >= 11 is 0. The Kier molecular flexibility index (Phi) is 4.47. The number of hydrogen-bond donors (Lipinski definition) is 1. The number of carbonyl (C=O) groups is 1. The lowest BCUT2D eigenvalue weighted by Crippen LogP contribution is -2.46. The van der Waals surface area contributed by atoms with E-state index in [1.807, 2.05) is 28.0 Å². The third-order valence-electron chi connectivity index (χ3n) is 5.74. The number of hydrogen-bond acceptors (Lipinski definition) is 2. The number of nitrogens with one attached hydrogen (secondary N) is 1. The van der Waals surface area contributed by atoms with E-state index in [1.54, 1.807) is 0 Å². The van der Waals surface area contributed by atoms with Gasteiger partial charge in [0.1, 0.15) is 0 Å². The van der Waals surface area contributed by atoms with Gasteiger partial charge in [0, 0.05) is 25.5 Å². The van der Waals surface area contributed by atoms with Crippen LogP contribution in [0.4, 0.5) is 4.79 Å². The molecule has 5 nitrogen and oxygen atoms in total. The maximum Gasteiger partial charge on any atom is 0.317 e. The smallest absolute Gasteiger partial charge is 0.317 e. The number of aromatic nitrogens is 2. The van der Waals surface area contributed by atoms with Crippen LogP contribution in [-0.2, 0) is 0 Å². The number of fused-ring (bicyclic) bond motifs is 1. The number of rotatable bonds is 2. The predicted molar refractivity (Wildman–Crippen MR) is 97.4 cm³/mol. The Morgan fingerprint density at radius 2 is 1.84 bits per heavy atom. The van der Waals surface area contributed by atoms with Gasteiger partial charge in [-0.2, -0.15) is 5.10 Å². The van der Waals surface area contributed by atoms with Crippen LogP contribution in [0.2, 0.25) is 0 Å². The summed E-state index contributed by atoms with van der Waals surface area (Å²) in [5.74, 6) is 0.578. The normalized spacial score (nSPS) is 24.0. The van der Waals surface area contributed by atoms with Crippen molar-refractivity contribution >= 4 is 6.03 Å². The van der Waals surface area contributed by atoms with Crippen LogP contribution in [0.5, 0.6) is 0 Å². The molecule has 1 aromatic carbocycles. The first kappa shape index (κ1) is 16.2. The third kappa shape index (κ3) is 3.28. The summed E-state index contributed by atoms with van der Waals surface area (Å²) in [6.45, 7) is 3.86. The molecule has 1 saturated heterocycles. The van der Waals surface area contributed by atoms with E-state index in [9.17, 15) is 4.79 Å². The van der Waals surface area contributed by atoms with Crippen molar-refractivity contribution in [1.82, 2.24) is 20.0 Å². The summed E-state index contributed by atoms with van der Waals surface area (Å²) in [5, 5.41) is 7.61. The number of amides is 2. The summed E-state index contributed by atoms with van der Waals surface area (Å²) in [5.41, 5.74) is 2.68. The van der Waals surface area contributed by atoms with Gasteiger partial charge in [-0.1, -0.05) is 31.2 Å². The number of carbonyl (C=O) groups excluding carboxylic acids is 1. The molecule has 132 valence electrons. The van der Waals surface area contributed by atoms with Crippen LogP contribution in [0, 0.1) is 0 Å². The molecular formula is C20H26N4O. The second-order valence-corrected chi connectivity index (χ2v) is 7.31. The minimum atomic E-state index is 0.0771. The Bertz CT molecular complexity index is 719. The van der Waals surface area contributed by atoms with Crippen LogP contribution in [0.3, 0.4) is 0 Å². The molecule has 2 unspecified atom stereocenters. The summed E-state index contributed by atoms with van der Waals surface area (Å²) in [6, 6.07) is 11.1. The molecule has 2 aliphatic rings. The zero-order chi connectivity index (χ0) is 17.2. The Hall–Kier alpha value is -2.30. The van der Waals surface area contributed by atoms with Crippen molar-refractivity contribution in [3.8, 4) is 0 Å². The SMILES string of the molecule is CC1CCC(NC(=O)N2CCC(n3cccn3)CC2)c2ccccc21. The fraction of sp³-hybridized carbons (Fsp3) is 0.500. The summed E-state index contributed by atoms with van der Waals surface area (Å²) in [7, 11) is 0. The fourth-order valence-electron chi connectivity index (χ4n) is 4.23. The molecule has 5 heteroatoms. The van der Waals surface area contributed by atoms with Crippen molar-refractivity contribution in [3.63, 3.8) is 0 Å². The van der Waals surface area contributed by atoms with Gasteiger partial charge in [-0.25, -0.2) is 4.79 Å². The zero-order valence-corrected chi connectivity index (χ0v) is 14.8. The molecule has 4 rings (SSSR count). The van der Waals surface area contributed by atoms with Gasteiger partial charge in [0.2, 0.25) is 0 Å². The second-order valence-electron chi connectivity index (χ2n) is 7.31. The number of piperidine rings is 1. The van der Waals surface area contributed by atoms with Crippen LogP contribution >= 0.6 is 0 Å². The van der Waals surface area contributed by atoms with Gasteiger partial charge >= 0.3 is 6.03 Å². The molecule has 1 aliphatic heterocycles. The van der Waals surface area contributed by atoms with Gasteiger partial charge in [-0.3, -0.25) is 4.68 Å². The summed E-state index contributed by atoms with van der Waals surface area (Å²) in [6.07, 6.45) is 7.92. The number of nitrogens with zero attached hydrogens (tertiary/aromatic N) is 3. The van der Waals surface area contributed by atoms with Crippen LogP contribution < -0.4 is 5.32 Å². The van der Waals surface area contributed by atoms with Crippen molar-refractivity contribution in [3.05, 3.63) is 53.9 Å². The van der Waals surface area contributed by atoms with Crippen LogP contribution in [0.15, 0.2) is 42.7 Å². The highest BCUT2D eigenvalue weighted by Crippen LogP contribution is 2.37. The Balaban J connectivity index is 1.38. The molecule has 2 atom stereocenters. The first-order valence-electron chi connectivity index (χ1n) is 9.36. The monoisotopic (exact) mass is 338 g/mol. The Morgan fingerprint density at radius 3 is 2.56 bits per heavy atom. The van der Waals surface area contributed by atoms with E-state index in [0.29, 0.717) is 12.0 Å². The number of likely N-dealkylation sites (tertiary alicyclic amines) is 1. The minimum absolute atomic E-state index is 0.0771. The average molecular weight is 338 g/mol. The van der Waals surface area contributed by atoms with Crippen LogP contribution in [-0.4, -0.2) is 33.8 Å². The molecule has 0 radical (unpaired) electrons. The molecule has 1 aliphatic carbocycles. The highest BCUT2D eigenvalue weighted by molar-refractivity contribution is 5.75. The van der Waals surface area contributed by atoms with Gasteiger partial charge in [0.15, 0.2) is 0 Å². The lowest BCUT2D eigenvalue weighted by atomic mass is 9.81. The van der Waals surface area contributed by atoms with E-state index >= 15 is 0 Å². The molecule has 2 aromatic rings. The van der Waals surface area contributed by atoms with Gasteiger partial charge in [-0.05, 0) is 48.8 Å². The van der Waals surface area contributed by atoms with E-state index in [4.69, 9.17) is 0 Å². The first-order valence-corrected chi connectivity index (χ1v) is 9.36. The van der Waals surface area contributed by atoms with Gasteiger partial charge in [0.05, 0.1) is 12.1 Å². The largest absolute Gasteiger partial charge is 0.331 e. The molecular weight excluding hydrogens is 312 g/mol. The van der Waals surface area contributed by atoms with E-state index < -0.39 is 0 Å². The maximum absolute atomic E-state index is 12.7. The highest BCUT2D eigenvalue weighted by atomic mass is 16.2. The number of urea groups is 1. The molecule has 1 fully saturated rings. The Morgan fingerprint density at radius 1 is 1.08 bits per heavy atom. The second kappa shape index (κ2) is 6.90. The van der Waals surface area contributed by atoms with Crippen LogP contribution in [0.25, 0.3) is 0 Å². The molecule has 25 heavy (non-hydrogen) atoms. The van der Waals surface area contributed by atoms with Crippen molar-refractivity contribution in [2.75, 3.05) is 13.1 Å². The lowest BCUT2D eigenvalue weighted by Gasteiger charge is -2.35. The molecule has 2 heterocycles. The molecule has 2 amide bonds. The average Bonchev–Trinajstić information content (AvgIpc) is 3.19. The first-order chi connectivity index (χ1) is 12.2. The predicted octanol–water partition coefficient (Wildman–Crippen LogP) is 3.87. The quantitative estimate of drug-likeness (QED) is 0.904. The van der Waals surface area contributed by atoms with Crippen LogP contribution in [0.1, 0.15) is 61.7 Å². The molecule has 0 saturated carbocycles. The zero-order valence-electron chi connectivity index (χ0n) is 14.8. The highest BCUT2D eigenvalue weighted by Gasteiger charge is 2.29. The Labute approximate surface area is 149 Å². The summed E-state index contributed by atoms with van der Waals surface area (Å²) in [4.78, 5) is 14.7. The number of benzene rings is 1. The maximum atomic E-state index is 12.7. The van der Waals surface area contributed by atoms with Crippen molar-refractivity contribution in [1.29, 1.82) is 0 Å². The van der Waals surface area contributed by atoms with Gasteiger partial charge in [0.25, 0.3) is 0 Å². The van der Waals surface area contributed by atoms with Gasteiger partial charge < -0.3 is 10.2 Å². The van der Waals surface area contributed by atoms with Crippen molar-refractivity contribution < 1.29 is 4.79 Å². The molecule has 0 bridgehead atoms. The molecule has 0 spiro atoms. The minimum Gasteiger partial charge on any atom is -0.331 e. The van der Waals surface area contributed by atoms with Gasteiger partial charge in [-0.15, -0.1) is 0 Å². The van der Waals surface area contributed by atoms with E-state index in [0.717, 1.165) is 38.8 Å². The fourth-order valence-corrected chi connectivity index (χ4v) is 4.23. The molecule has 1 aromatic heterocycles. The standard InChI is InChI=1S/C20H26N4O/c1-15-7-8-19(18-6-3-2-5-17(15)18)22-20(25)23-13-9-16(10-14-23)24-12-4-11-21-24/h2-6,11-12,15-16,19H,7-10,13-14H2,1H3,(H,22,25). The van der Waals surface area contributed by atoms with Crippen molar-refractivity contribution in [2.24, 2.45) is 0 Å². The van der Waals surface area contributed by atoms with E-state index in [-0.39, 0.29) is 12.1 Å². The topological polar surface area (TPSA) is 50.2 Å². The molecule has 1 N–H and O–H groups in total.